The average Bonchev–Trinajstić information content (AvgIpc) is 3.26. The fraction of sp³-hybridized carbons (Fsp3) is 0.294. The van der Waals surface area contributed by atoms with E-state index in [1.807, 2.05) is 24.3 Å². The molecular weight excluding hydrogens is 363 g/mol. The Kier molecular flexibility index (Phi) is 5.75. The Morgan fingerprint density at radius 2 is 2.20 bits per heavy atom. The third kappa shape index (κ3) is 4.04. The Morgan fingerprint density at radius 1 is 1.28 bits per heavy atom. The van der Waals surface area contributed by atoms with Gasteiger partial charge < -0.3 is 14.3 Å². The zero-order valence-electron chi connectivity index (χ0n) is 13.4. The highest BCUT2D eigenvalue weighted by atomic mass is 35.5. The van der Waals surface area contributed by atoms with Crippen LogP contribution in [-0.4, -0.2) is 34.7 Å². The van der Waals surface area contributed by atoms with Gasteiger partial charge in [0.1, 0.15) is 0 Å². The zero-order valence-corrected chi connectivity index (χ0v) is 15.0. The molecule has 132 valence electrons. The van der Waals surface area contributed by atoms with E-state index in [0.717, 1.165) is 24.7 Å². The summed E-state index contributed by atoms with van der Waals surface area (Å²) in [6.45, 7) is 3.28. The maximum absolute atomic E-state index is 6.14. The van der Waals surface area contributed by atoms with Gasteiger partial charge in [-0.1, -0.05) is 28.9 Å². The molecule has 1 aliphatic rings. The minimum absolute atomic E-state index is 0. The van der Waals surface area contributed by atoms with Crippen molar-refractivity contribution in [2.75, 3.05) is 19.6 Å². The molecule has 1 aromatic carbocycles. The van der Waals surface area contributed by atoms with Gasteiger partial charge in [-0.05, 0) is 29.8 Å². The molecule has 1 atom stereocenters. The summed E-state index contributed by atoms with van der Waals surface area (Å²) >= 11 is 6.14. The molecule has 8 heteroatoms. The highest BCUT2D eigenvalue weighted by Gasteiger charge is 2.26. The van der Waals surface area contributed by atoms with Crippen LogP contribution < -0.4 is 5.32 Å². The lowest BCUT2D eigenvalue weighted by Gasteiger charge is -2.35. The summed E-state index contributed by atoms with van der Waals surface area (Å²) < 4.78 is 10.7. The molecule has 4 rings (SSSR count). The standard InChI is InChI=1S/C17H17ClN4O2.ClH/c18-13-4-1-3-12(9-13)14-10-19-6-7-22(14)11-16-20-17(21-24-16)15-5-2-8-23-15;/h1-5,8-9,14,19H,6-7,10-11H2;1H. The molecule has 1 saturated heterocycles. The van der Waals surface area contributed by atoms with Gasteiger partial charge in [0.2, 0.25) is 11.7 Å². The Balaban J connectivity index is 0.00000182. The lowest BCUT2D eigenvalue weighted by molar-refractivity contribution is 0.135. The van der Waals surface area contributed by atoms with Crippen molar-refractivity contribution in [3.05, 3.63) is 59.1 Å². The predicted molar refractivity (Wildman–Crippen MR) is 96.7 cm³/mol. The van der Waals surface area contributed by atoms with Crippen molar-refractivity contribution >= 4 is 24.0 Å². The number of benzene rings is 1. The number of nitrogens with zero attached hydrogens (tertiary/aromatic N) is 3. The molecule has 0 spiro atoms. The number of nitrogens with one attached hydrogen (secondary N) is 1. The van der Waals surface area contributed by atoms with Crippen LogP contribution >= 0.6 is 24.0 Å². The van der Waals surface area contributed by atoms with Gasteiger partial charge in [-0.2, -0.15) is 4.98 Å². The summed E-state index contributed by atoms with van der Waals surface area (Å²) in [4.78, 5) is 6.75. The van der Waals surface area contributed by atoms with Crippen molar-refractivity contribution in [2.24, 2.45) is 0 Å². The number of piperazine rings is 1. The molecule has 3 aromatic rings. The van der Waals surface area contributed by atoms with E-state index in [-0.39, 0.29) is 18.4 Å². The highest BCUT2D eigenvalue weighted by molar-refractivity contribution is 6.30. The first kappa shape index (κ1) is 17.9. The molecule has 0 radical (unpaired) electrons. The summed E-state index contributed by atoms with van der Waals surface area (Å²) in [5.74, 6) is 1.66. The summed E-state index contributed by atoms with van der Waals surface area (Å²) in [7, 11) is 0. The third-order valence-corrected chi connectivity index (χ3v) is 4.37. The summed E-state index contributed by atoms with van der Waals surface area (Å²) in [6, 6.07) is 11.8. The smallest absolute Gasteiger partial charge is 0.241 e. The Labute approximate surface area is 156 Å². The highest BCUT2D eigenvalue weighted by Crippen LogP contribution is 2.26. The van der Waals surface area contributed by atoms with Crippen LogP contribution in [0.1, 0.15) is 17.5 Å². The van der Waals surface area contributed by atoms with Crippen molar-refractivity contribution < 1.29 is 8.94 Å². The quantitative estimate of drug-likeness (QED) is 0.746. The topological polar surface area (TPSA) is 67.3 Å². The molecule has 1 aliphatic heterocycles. The molecule has 0 aliphatic carbocycles. The number of halogens is 2. The maximum Gasteiger partial charge on any atom is 0.241 e. The van der Waals surface area contributed by atoms with Crippen molar-refractivity contribution in [3.63, 3.8) is 0 Å². The van der Waals surface area contributed by atoms with Gasteiger partial charge in [-0.25, -0.2) is 0 Å². The first-order valence-corrected chi connectivity index (χ1v) is 8.24. The number of hydrogen-bond donors (Lipinski definition) is 1. The second-order valence-electron chi connectivity index (χ2n) is 5.73. The van der Waals surface area contributed by atoms with E-state index in [4.69, 9.17) is 20.5 Å². The van der Waals surface area contributed by atoms with Crippen LogP contribution in [0.2, 0.25) is 5.02 Å². The van der Waals surface area contributed by atoms with Crippen LogP contribution in [0.3, 0.4) is 0 Å². The van der Waals surface area contributed by atoms with Crippen molar-refractivity contribution in [1.82, 2.24) is 20.4 Å². The van der Waals surface area contributed by atoms with E-state index in [1.54, 1.807) is 12.3 Å². The number of rotatable bonds is 4. The number of hydrogen-bond acceptors (Lipinski definition) is 6. The molecule has 3 heterocycles. The van der Waals surface area contributed by atoms with E-state index >= 15 is 0 Å². The largest absolute Gasteiger partial charge is 0.461 e. The lowest BCUT2D eigenvalue weighted by Crippen LogP contribution is -2.45. The van der Waals surface area contributed by atoms with Gasteiger partial charge in [0.05, 0.1) is 12.8 Å². The van der Waals surface area contributed by atoms with Crippen molar-refractivity contribution in [3.8, 4) is 11.6 Å². The number of aromatic nitrogens is 2. The van der Waals surface area contributed by atoms with Crippen molar-refractivity contribution in [1.29, 1.82) is 0 Å². The van der Waals surface area contributed by atoms with Gasteiger partial charge in [0.25, 0.3) is 0 Å². The van der Waals surface area contributed by atoms with E-state index in [0.29, 0.717) is 24.0 Å². The zero-order chi connectivity index (χ0) is 16.4. The molecule has 0 bridgehead atoms. The maximum atomic E-state index is 6.14. The van der Waals surface area contributed by atoms with Crippen LogP contribution in [0.5, 0.6) is 0 Å². The summed E-state index contributed by atoms with van der Waals surface area (Å²) in [5.41, 5.74) is 1.18. The van der Waals surface area contributed by atoms with Crippen LogP contribution in [-0.2, 0) is 6.54 Å². The van der Waals surface area contributed by atoms with E-state index in [9.17, 15) is 0 Å². The predicted octanol–water partition coefficient (Wildman–Crippen LogP) is 3.55. The normalized spacial score (nSPS) is 18.0. The fourth-order valence-corrected chi connectivity index (χ4v) is 3.18. The minimum atomic E-state index is 0. The third-order valence-electron chi connectivity index (χ3n) is 4.14. The van der Waals surface area contributed by atoms with Crippen LogP contribution in [0.15, 0.2) is 51.6 Å². The Bertz CT molecular complexity index is 807. The molecule has 1 unspecified atom stereocenters. The molecule has 6 nitrogen and oxygen atoms in total. The Morgan fingerprint density at radius 3 is 3.00 bits per heavy atom. The fourth-order valence-electron chi connectivity index (χ4n) is 2.98. The molecule has 0 amide bonds. The first-order chi connectivity index (χ1) is 11.8. The first-order valence-electron chi connectivity index (χ1n) is 7.86. The molecular formula is C17H18Cl2N4O2. The molecule has 1 N–H and O–H groups in total. The molecule has 0 saturated carbocycles. The second kappa shape index (κ2) is 8.01. The van der Waals surface area contributed by atoms with Crippen LogP contribution in [0.25, 0.3) is 11.6 Å². The van der Waals surface area contributed by atoms with E-state index in [1.165, 1.54) is 5.56 Å². The number of furan rings is 1. The molecule has 2 aromatic heterocycles. The van der Waals surface area contributed by atoms with Crippen LogP contribution in [0, 0.1) is 0 Å². The average molecular weight is 381 g/mol. The summed E-state index contributed by atoms with van der Waals surface area (Å²) in [5, 5.41) is 8.17. The van der Waals surface area contributed by atoms with Gasteiger partial charge in [-0.3, -0.25) is 4.90 Å². The van der Waals surface area contributed by atoms with Crippen LogP contribution in [0.4, 0.5) is 0 Å². The minimum Gasteiger partial charge on any atom is -0.461 e. The van der Waals surface area contributed by atoms with E-state index < -0.39 is 0 Å². The second-order valence-corrected chi connectivity index (χ2v) is 6.17. The summed E-state index contributed by atoms with van der Waals surface area (Å²) in [6.07, 6.45) is 1.59. The lowest BCUT2D eigenvalue weighted by atomic mass is 10.0. The van der Waals surface area contributed by atoms with Gasteiger partial charge >= 0.3 is 0 Å². The molecule has 1 fully saturated rings. The van der Waals surface area contributed by atoms with Gasteiger partial charge in [0.15, 0.2) is 5.76 Å². The van der Waals surface area contributed by atoms with Gasteiger partial charge in [-0.15, -0.1) is 12.4 Å². The monoisotopic (exact) mass is 380 g/mol. The van der Waals surface area contributed by atoms with Crippen molar-refractivity contribution in [2.45, 2.75) is 12.6 Å². The SMILES string of the molecule is Cl.Clc1cccc(C2CNCCN2Cc2nc(-c3ccco3)no2)c1. The molecule has 25 heavy (non-hydrogen) atoms. The van der Waals surface area contributed by atoms with E-state index in [2.05, 4.69) is 26.4 Å². The van der Waals surface area contributed by atoms with Gasteiger partial charge in [0, 0.05) is 30.7 Å². The Hall–Kier alpha value is -1.86.